The number of hydrogen-bond acceptors (Lipinski definition) is 4. The fourth-order valence-electron chi connectivity index (χ4n) is 2.64. The third-order valence-electron chi connectivity index (χ3n) is 3.44. The smallest absolute Gasteiger partial charge is 0.360 e. The molecule has 0 spiro atoms. The number of carbonyl (C=O) groups is 1. The van der Waals surface area contributed by atoms with Crippen molar-refractivity contribution in [3.8, 4) is 0 Å². The van der Waals surface area contributed by atoms with E-state index in [1.54, 1.807) is 6.20 Å². The van der Waals surface area contributed by atoms with Crippen LogP contribution in [0.1, 0.15) is 22.3 Å². The van der Waals surface area contributed by atoms with Crippen molar-refractivity contribution in [3.05, 3.63) is 41.7 Å². The number of para-hydroxylation sites is 1. The average molecular weight is 254 g/mol. The van der Waals surface area contributed by atoms with Crippen LogP contribution in [0.2, 0.25) is 0 Å². The summed E-state index contributed by atoms with van der Waals surface area (Å²) >= 11 is 0. The van der Waals surface area contributed by atoms with Gasteiger partial charge in [-0.15, -0.1) is 0 Å². The zero-order chi connectivity index (χ0) is 13.0. The Balaban J connectivity index is 2.20. The van der Waals surface area contributed by atoms with Gasteiger partial charge in [0.15, 0.2) is 5.69 Å². The molecule has 0 radical (unpaired) electrons. The van der Waals surface area contributed by atoms with Gasteiger partial charge in [-0.2, -0.15) is 0 Å². The summed E-state index contributed by atoms with van der Waals surface area (Å²) in [6, 6.07) is 7.91. The second-order valence-corrected chi connectivity index (χ2v) is 4.45. The minimum Gasteiger partial charge on any atom is -0.426 e. The zero-order valence-electron chi connectivity index (χ0n) is 10.1. The third-order valence-corrected chi connectivity index (χ3v) is 3.44. The van der Waals surface area contributed by atoms with Gasteiger partial charge in [0.1, 0.15) is 0 Å². The van der Waals surface area contributed by atoms with Crippen LogP contribution in [0.15, 0.2) is 30.5 Å². The van der Waals surface area contributed by atoms with Crippen LogP contribution in [0.3, 0.4) is 0 Å². The number of nitrogens with one attached hydrogen (secondary N) is 1. The van der Waals surface area contributed by atoms with Gasteiger partial charge in [0, 0.05) is 23.4 Å². The van der Waals surface area contributed by atoms with E-state index in [2.05, 4.69) is 9.97 Å². The number of pyridine rings is 1. The summed E-state index contributed by atoms with van der Waals surface area (Å²) in [4.78, 5) is 19.2. The average Bonchev–Trinajstić information content (AvgIpc) is 2.96. The van der Waals surface area contributed by atoms with E-state index in [0.717, 1.165) is 21.8 Å². The van der Waals surface area contributed by atoms with Crippen LogP contribution in [0.25, 0.3) is 21.8 Å². The van der Waals surface area contributed by atoms with E-state index in [9.17, 15) is 4.79 Å². The summed E-state index contributed by atoms with van der Waals surface area (Å²) in [7, 11) is 1.51. The van der Waals surface area contributed by atoms with Crippen LogP contribution < -0.4 is 0 Å². The van der Waals surface area contributed by atoms with E-state index in [4.69, 9.17) is 9.47 Å². The lowest BCUT2D eigenvalue weighted by Gasteiger charge is -2.08. The third kappa shape index (κ3) is 1.27. The molecule has 0 aliphatic carbocycles. The zero-order valence-corrected chi connectivity index (χ0v) is 10.1. The maximum absolute atomic E-state index is 11.8. The number of rotatable bonds is 1. The molecule has 0 saturated heterocycles. The Bertz CT molecular complexity index is 822. The standard InChI is InChI=1S/C14H10N2O3/c1-18-14-11-10-7-4-2-3-5-8(7)16-9(10)6-15-12(11)13(17)19-14/h2-6,14,16H,1H3. The number of cyclic esters (lactones) is 1. The molecule has 3 heterocycles. The number of nitrogens with zero attached hydrogens (tertiary/aromatic N) is 1. The molecular formula is C14H10N2O3. The van der Waals surface area contributed by atoms with Crippen LogP contribution in [-0.4, -0.2) is 23.0 Å². The molecule has 0 fully saturated rings. The second kappa shape index (κ2) is 3.55. The number of ether oxygens (including phenoxy) is 2. The number of hydrogen-bond donors (Lipinski definition) is 1. The Morgan fingerprint density at radius 3 is 3.00 bits per heavy atom. The molecule has 4 rings (SSSR count). The summed E-state index contributed by atoms with van der Waals surface area (Å²) in [5.74, 6) is -0.436. The molecule has 5 nitrogen and oxygen atoms in total. The number of aromatic nitrogens is 2. The van der Waals surface area contributed by atoms with Gasteiger partial charge in [0.25, 0.3) is 0 Å². The number of benzene rings is 1. The topological polar surface area (TPSA) is 64.2 Å². The van der Waals surface area contributed by atoms with E-state index in [-0.39, 0.29) is 0 Å². The van der Waals surface area contributed by atoms with Gasteiger partial charge in [0.05, 0.1) is 17.3 Å². The normalized spacial score (nSPS) is 17.9. The van der Waals surface area contributed by atoms with Gasteiger partial charge in [-0.25, -0.2) is 9.78 Å². The first-order valence-electron chi connectivity index (χ1n) is 5.92. The monoisotopic (exact) mass is 254 g/mol. The first-order valence-corrected chi connectivity index (χ1v) is 5.92. The van der Waals surface area contributed by atoms with Crippen molar-refractivity contribution in [2.75, 3.05) is 7.11 Å². The first-order chi connectivity index (χ1) is 9.29. The van der Waals surface area contributed by atoms with E-state index in [1.165, 1.54) is 7.11 Å². The number of aromatic amines is 1. The van der Waals surface area contributed by atoms with E-state index < -0.39 is 12.3 Å². The Morgan fingerprint density at radius 1 is 1.32 bits per heavy atom. The predicted molar refractivity (Wildman–Crippen MR) is 68.8 cm³/mol. The Kier molecular flexibility index (Phi) is 1.97. The summed E-state index contributed by atoms with van der Waals surface area (Å²) < 4.78 is 10.4. The predicted octanol–water partition coefficient (Wildman–Crippen LogP) is 2.53. The van der Waals surface area contributed by atoms with Crippen LogP contribution in [0.4, 0.5) is 0 Å². The number of H-pyrrole nitrogens is 1. The molecular weight excluding hydrogens is 244 g/mol. The highest BCUT2D eigenvalue weighted by atomic mass is 16.7. The fraction of sp³-hybridized carbons (Fsp3) is 0.143. The van der Waals surface area contributed by atoms with Crippen LogP contribution >= 0.6 is 0 Å². The molecule has 0 amide bonds. The quantitative estimate of drug-likeness (QED) is 0.678. The molecule has 0 bridgehead atoms. The molecule has 0 saturated carbocycles. The van der Waals surface area contributed by atoms with Gasteiger partial charge < -0.3 is 14.5 Å². The molecule has 1 N–H and O–H groups in total. The van der Waals surface area contributed by atoms with E-state index >= 15 is 0 Å². The van der Waals surface area contributed by atoms with Gasteiger partial charge in [-0.1, -0.05) is 18.2 Å². The largest absolute Gasteiger partial charge is 0.426 e. The van der Waals surface area contributed by atoms with Crippen molar-refractivity contribution in [2.45, 2.75) is 6.29 Å². The number of methoxy groups -OCH3 is 1. The van der Waals surface area contributed by atoms with Crippen LogP contribution in [-0.2, 0) is 9.47 Å². The van der Waals surface area contributed by atoms with Gasteiger partial charge in [-0.3, -0.25) is 0 Å². The summed E-state index contributed by atoms with van der Waals surface area (Å²) in [5, 5.41) is 1.98. The highest BCUT2D eigenvalue weighted by molar-refractivity contribution is 6.12. The second-order valence-electron chi connectivity index (χ2n) is 4.45. The van der Waals surface area contributed by atoms with Crippen molar-refractivity contribution in [1.82, 2.24) is 9.97 Å². The van der Waals surface area contributed by atoms with E-state index in [1.807, 2.05) is 24.3 Å². The highest BCUT2D eigenvalue weighted by Gasteiger charge is 2.35. The number of fused-ring (bicyclic) bond motifs is 5. The van der Waals surface area contributed by atoms with Gasteiger partial charge in [0.2, 0.25) is 6.29 Å². The Morgan fingerprint density at radius 2 is 2.16 bits per heavy atom. The summed E-state index contributed by atoms with van der Waals surface area (Å²) in [6.45, 7) is 0. The molecule has 3 aromatic rings. The Labute approximate surface area is 108 Å². The molecule has 2 aromatic heterocycles. The van der Waals surface area contributed by atoms with Gasteiger partial charge in [-0.05, 0) is 6.07 Å². The first kappa shape index (κ1) is 10.5. The highest BCUT2D eigenvalue weighted by Crippen LogP contribution is 2.38. The van der Waals surface area contributed by atoms with Gasteiger partial charge >= 0.3 is 5.97 Å². The number of carbonyl (C=O) groups excluding carboxylic acids is 1. The molecule has 19 heavy (non-hydrogen) atoms. The van der Waals surface area contributed by atoms with Crippen LogP contribution in [0, 0.1) is 0 Å². The number of esters is 1. The SMILES string of the molecule is COC1OC(=O)c2ncc3[nH]c4ccccc4c3c21. The summed E-state index contributed by atoms with van der Waals surface area (Å²) in [5.41, 5.74) is 2.92. The minimum atomic E-state index is -0.682. The summed E-state index contributed by atoms with van der Waals surface area (Å²) in [6.07, 6.45) is 0.978. The fourth-order valence-corrected chi connectivity index (χ4v) is 2.64. The molecule has 1 aliphatic rings. The lowest BCUT2D eigenvalue weighted by atomic mass is 10.1. The van der Waals surface area contributed by atoms with Crippen molar-refractivity contribution < 1.29 is 14.3 Å². The molecule has 5 heteroatoms. The molecule has 1 aromatic carbocycles. The van der Waals surface area contributed by atoms with Crippen molar-refractivity contribution in [1.29, 1.82) is 0 Å². The lowest BCUT2D eigenvalue weighted by molar-refractivity contribution is -0.0808. The molecule has 94 valence electrons. The molecule has 1 atom stereocenters. The minimum absolute atomic E-state index is 0.337. The van der Waals surface area contributed by atoms with Crippen molar-refractivity contribution >= 4 is 27.8 Å². The molecule has 1 aliphatic heterocycles. The lowest BCUT2D eigenvalue weighted by Crippen LogP contribution is -2.00. The maximum Gasteiger partial charge on any atom is 0.360 e. The Hall–Kier alpha value is -2.40. The van der Waals surface area contributed by atoms with Crippen molar-refractivity contribution in [2.24, 2.45) is 0 Å². The van der Waals surface area contributed by atoms with Crippen LogP contribution in [0.5, 0.6) is 0 Å². The molecule has 1 unspecified atom stereocenters. The maximum atomic E-state index is 11.8. The van der Waals surface area contributed by atoms with E-state index in [0.29, 0.717) is 11.3 Å². The van der Waals surface area contributed by atoms with Crippen molar-refractivity contribution in [3.63, 3.8) is 0 Å².